The number of nitrogens with zero attached hydrogens (tertiary/aromatic N) is 2. The van der Waals surface area contributed by atoms with Gasteiger partial charge in [-0.3, -0.25) is 5.43 Å². The number of hydrogen-bond acceptors (Lipinski definition) is 4. The third-order valence-electron chi connectivity index (χ3n) is 3.54. The molecule has 0 aromatic heterocycles. The number of hydrogen-bond donors (Lipinski definition) is 3. The number of hydrazine groups is 1. The molecule has 0 radical (unpaired) electrons. The lowest BCUT2D eigenvalue weighted by atomic mass is 9.99. The number of nitrogens with one attached hydrogen (secondary N) is 1. The van der Waals surface area contributed by atoms with Gasteiger partial charge in [-0.05, 0) is 26.7 Å². The monoisotopic (exact) mass is 282 g/mol. The lowest BCUT2D eigenvalue weighted by Crippen LogP contribution is -2.55. The summed E-state index contributed by atoms with van der Waals surface area (Å²) in [6, 6.07) is 0.342. The minimum atomic E-state index is -4.54. The van der Waals surface area contributed by atoms with Gasteiger partial charge in [0.05, 0.1) is 0 Å². The van der Waals surface area contributed by atoms with E-state index in [4.69, 9.17) is 10.9 Å². The van der Waals surface area contributed by atoms with Crippen molar-refractivity contribution in [1.29, 1.82) is 0 Å². The molecule has 0 aromatic carbocycles. The molecule has 4 N–H and O–H groups in total. The van der Waals surface area contributed by atoms with E-state index in [1.54, 1.807) is 0 Å². The van der Waals surface area contributed by atoms with Crippen molar-refractivity contribution >= 4 is 5.84 Å². The molecule has 0 aliphatic carbocycles. The first kappa shape index (κ1) is 16.0. The second-order valence-corrected chi connectivity index (χ2v) is 5.02. The Morgan fingerprint density at radius 2 is 1.95 bits per heavy atom. The largest absolute Gasteiger partial charge is 0.409 e. The lowest BCUT2D eigenvalue weighted by Gasteiger charge is -2.39. The number of oxime groups is 1. The van der Waals surface area contributed by atoms with E-state index in [1.807, 2.05) is 18.9 Å². The topological polar surface area (TPSA) is 73.9 Å². The average Bonchev–Trinajstić information content (AvgIpc) is 2.30. The van der Waals surface area contributed by atoms with E-state index in [9.17, 15) is 13.2 Å². The summed E-state index contributed by atoms with van der Waals surface area (Å²) < 4.78 is 38.3. The number of amidine groups is 1. The third-order valence-corrected chi connectivity index (χ3v) is 3.54. The molecule has 0 amide bonds. The van der Waals surface area contributed by atoms with Crippen LogP contribution in [0.5, 0.6) is 0 Å². The van der Waals surface area contributed by atoms with E-state index in [0.29, 0.717) is 0 Å². The second kappa shape index (κ2) is 6.42. The van der Waals surface area contributed by atoms with Gasteiger partial charge in [-0.1, -0.05) is 11.6 Å². The van der Waals surface area contributed by atoms with Gasteiger partial charge in [-0.25, -0.2) is 5.01 Å². The number of rotatable bonds is 4. The first-order valence-electron chi connectivity index (χ1n) is 6.33. The van der Waals surface area contributed by atoms with Crippen LogP contribution in [0.3, 0.4) is 0 Å². The molecule has 3 unspecified atom stereocenters. The van der Waals surface area contributed by atoms with Gasteiger partial charge >= 0.3 is 6.18 Å². The normalized spacial score (nSPS) is 28.4. The van der Waals surface area contributed by atoms with Gasteiger partial charge in [0.15, 0.2) is 5.84 Å². The molecule has 1 saturated heterocycles. The summed E-state index contributed by atoms with van der Waals surface area (Å²) in [6.07, 6.45) is -1.58. The van der Waals surface area contributed by atoms with Crippen LogP contribution >= 0.6 is 0 Å². The van der Waals surface area contributed by atoms with Crippen molar-refractivity contribution in [3.05, 3.63) is 0 Å². The van der Waals surface area contributed by atoms with Crippen molar-refractivity contribution in [2.24, 2.45) is 16.8 Å². The van der Waals surface area contributed by atoms with Crippen LogP contribution < -0.4 is 11.2 Å². The Morgan fingerprint density at radius 3 is 2.37 bits per heavy atom. The highest BCUT2D eigenvalue weighted by Gasteiger charge is 2.43. The molecule has 112 valence electrons. The van der Waals surface area contributed by atoms with Gasteiger partial charge in [0.1, 0.15) is 5.92 Å². The smallest absolute Gasteiger partial charge is 0.400 e. The van der Waals surface area contributed by atoms with Gasteiger partial charge in [0.2, 0.25) is 0 Å². The number of piperidine rings is 1. The molecule has 1 aliphatic rings. The zero-order valence-corrected chi connectivity index (χ0v) is 11.1. The molecule has 5 nitrogen and oxygen atoms in total. The van der Waals surface area contributed by atoms with Crippen LogP contribution in [0.2, 0.25) is 0 Å². The molecule has 1 rings (SSSR count). The van der Waals surface area contributed by atoms with E-state index in [0.717, 1.165) is 19.3 Å². The van der Waals surface area contributed by atoms with Crippen LogP contribution in [0.1, 0.15) is 33.1 Å². The van der Waals surface area contributed by atoms with Crippen LogP contribution in [-0.4, -0.2) is 40.9 Å². The Labute approximate surface area is 110 Å². The zero-order valence-electron chi connectivity index (χ0n) is 11.1. The van der Waals surface area contributed by atoms with Crippen molar-refractivity contribution in [3.63, 3.8) is 0 Å². The van der Waals surface area contributed by atoms with Crippen LogP contribution in [0.25, 0.3) is 0 Å². The van der Waals surface area contributed by atoms with Crippen molar-refractivity contribution in [3.8, 4) is 0 Å². The Balaban J connectivity index is 2.66. The molecular formula is C11H21F3N4O. The Bertz CT molecular complexity index is 312. The van der Waals surface area contributed by atoms with Crippen molar-refractivity contribution in [2.45, 2.75) is 51.4 Å². The van der Waals surface area contributed by atoms with Gasteiger partial charge in [0, 0.05) is 18.6 Å². The van der Waals surface area contributed by atoms with Crippen LogP contribution in [0.15, 0.2) is 5.16 Å². The Morgan fingerprint density at radius 1 is 1.42 bits per heavy atom. The molecule has 1 aliphatic heterocycles. The van der Waals surface area contributed by atoms with Gasteiger partial charge in [-0.15, -0.1) is 0 Å². The number of halogens is 3. The Kier molecular flexibility index (Phi) is 5.42. The number of alkyl halides is 3. The summed E-state index contributed by atoms with van der Waals surface area (Å²) in [5, 5.41) is 12.7. The second-order valence-electron chi connectivity index (χ2n) is 5.02. The maximum absolute atomic E-state index is 12.8. The van der Waals surface area contributed by atoms with Crippen molar-refractivity contribution in [2.75, 3.05) is 6.54 Å². The predicted octanol–water partition coefficient (Wildman–Crippen LogP) is 1.68. The maximum Gasteiger partial charge on any atom is 0.400 e. The fourth-order valence-electron chi connectivity index (χ4n) is 2.39. The van der Waals surface area contributed by atoms with Crippen LogP contribution in [0, 0.1) is 5.92 Å². The van der Waals surface area contributed by atoms with Crippen LogP contribution in [0.4, 0.5) is 13.2 Å². The minimum Gasteiger partial charge on any atom is -0.409 e. The SMILES string of the molecule is CC1CCCC(C)N1NCC(C(N)=NO)C(F)(F)F. The van der Waals surface area contributed by atoms with Crippen molar-refractivity contribution in [1.82, 2.24) is 10.4 Å². The summed E-state index contributed by atoms with van der Waals surface area (Å²) in [5.41, 5.74) is 7.89. The molecule has 0 spiro atoms. The summed E-state index contributed by atoms with van der Waals surface area (Å²) in [5.74, 6) is -2.81. The molecule has 1 heterocycles. The molecular weight excluding hydrogens is 261 g/mol. The number of nitrogens with two attached hydrogens (primary N) is 1. The van der Waals surface area contributed by atoms with Gasteiger partial charge < -0.3 is 10.9 Å². The molecule has 1 fully saturated rings. The molecule has 8 heteroatoms. The van der Waals surface area contributed by atoms with E-state index in [2.05, 4.69) is 10.6 Å². The van der Waals surface area contributed by atoms with Crippen molar-refractivity contribution < 1.29 is 18.4 Å². The van der Waals surface area contributed by atoms with E-state index in [-0.39, 0.29) is 12.1 Å². The summed E-state index contributed by atoms with van der Waals surface area (Å²) in [7, 11) is 0. The molecule has 0 saturated carbocycles. The van der Waals surface area contributed by atoms with Gasteiger partial charge in [0.25, 0.3) is 0 Å². The highest BCUT2D eigenvalue weighted by atomic mass is 19.4. The first-order chi connectivity index (χ1) is 8.77. The fourth-order valence-corrected chi connectivity index (χ4v) is 2.39. The predicted molar refractivity (Wildman–Crippen MR) is 65.6 cm³/mol. The summed E-state index contributed by atoms with van der Waals surface area (Å²) >= 11 is 0. The van der Waals surface area contributed by atoms with Crippen LogP contribution in [-0.2, 0) is 0 Å². The van der Waals surface area contributed by atoms with E-state index in [1.165, 1.54) is 0 Å². The maximum atomic E-state index is 12.8. The third kappa shape index (κ3) is 4.24. The summed E-state index contributed by atoms with van der Waals surface area (Å²) in [4.78, 5) is 0. The lowest BCUT2D eigenvalue weighted by molar-refractivity contribution is -0.158. The zero-order chi connectivity index (χ0) is 14.6. The quantitative estimate of drug-likeness (QED) is 0.317. The molecule has 3 atom stereocenters. The van der Waals surface area contributed by atoms with E-state index >= 15 is 0 Å². The molecule has 0 bridgehead atoms. The fraction of sp³-hybridized carbons (Fsp3) is 0.909. The molecule has 19 heavy (non-hydrogen) atoms. The molecule has 0 aromatic rings. The van der Waals surface area contributed by atoms with Gasteiger partial charge in [-0.2, -0.15) is 13.2 Å². The summed E-state index contributed by atoms with van der Waals surface area (Å²) in [6.45, 7) is 3.51. The highest BCUT2D eigenvalue weighted by molar-refractivity contribution is 5.83. The average molecular weight is 282 g/mol. The highest BCUT2D eigenvalue weighted by Crippen LogP contribution is 2.27. The Hall–Kier alpha value is -1.02. The first-order valence-corrected chi connectivity index (χ1v) is 6.33. The van der Waals surface area contributed by atoms with E-state index < -0.39 is 24.5 Å². The minimum absolute atomic E-state index is 0.171. The standard InChI is InChI=1S/C11H21F3N4O/c1-7-4-3-5-8(2)18(7)16-6-9(10(15)17-19)11(12,13)14/h7-9,16,19H,3-6H2,1-2H3,(H2,15,17).